The van der Waals surface area contributed by atoms with Gasteiger partial charge < -0.3 is 10.6 Å². The van der Waals surface area contributed by atoms with Crippen molar-refractivity contribution in [3.63, 3.8) is 0 Å². The molecule has 1 aliphatic carbocycles. The van der Waals surface area contributed by atoms with Gasteiger partial charge in [0.15, 0.2) is 0 Å². The van der Waals surface area contributed by atoms with E-state index >= 15 is 0 Å². The van der Waals surface area contributed by atoms with Crippen molar-refractivity contribution in [2.24, 2.45) is 11.7 Å². The first kappa shape index (κ1) is 11.0. The van der Waals surface area contributed by atoms with E-state index in [9.17, 15) is 4.39 Å². The Morgan fingerprint density at radius 1 is 1.41 bits per heavy atom. The maximum Gasteiger partial charge on any atom is 0.125 e. The number of nitrogens with two attached hydrogens (primary N) is 1. The number of anilines is 1. The topological polar surface area (TPSA) is 29.3 Å². The van der Waals surface area contributed by atoms with Crippen molar-refractivity contribution >= 4 is 5.69 Å². The lowest BCUT2D eigenvalue weighted by molar-refractivity contribution is 0.545. The van der Waals surface area contributed by atoms with E-state index in [1.165, 1.54) is 18.4 Å². The molecule has 1 aromatic carbocycles. The Kier molecular flexibility index (Phi) is 2.79. The van der Waals surface area contributed by atoms with Gasteiger partial charge in [-0.2, -0.15) is 0 Å². The molecule has 0 aromatic heterocycles. The van der Waals surface area contributed by atoms with E-state index < -0.39 is 0 Å². The monoisotopic (exact) mass is 234 g/mol. The molecular formula is C14H19FN2. The molecule has 0 amide bonds. The van der Waals surface area contributed by atoms with Gasteiger partial charge in [0, 0.05) is 24.8 Å². The third-order valence-electron chi connectivity index (χ3n) is 4.00. The number of fused-ring (bicyclic) bond motifs is 1. The number of rotatable bonds is 4. The molecule has 1 unspecified atom stereocenters. The molecule has 1 aromatic rings. The molecule has 2 nitrogen and oxygen atoms in total. The van der Waals surface area contributed by atoms with Crippen LogP contribution >= 0.6 is 0 Å². The zero-order valence-electron chi connectivity index (χ0n) is 10.0. The van der Waals surface area contributed by atoms with E-state index in [1.807, 2.05) is 6.07 Å². The molecule has 17 heavy (non-hydrogen) atoms. The molecule has 1 fully saturated rings. The molecule has 1 heterocycles. The van der Waals surface area contributed by atoms with E-state index in [0.29, 0.717) is 6.04 Å². The number of nitrogens with zero attached hydrogens (tertiary/aromatic N) is 1. The summed E-state index contributed by atoms with van der Waals surface area (Å²) < 4.78 is 13.2. The summed E-state index contributed by atoms with van der Waals surface area (Å²) in [5, 5.41) is 0. The van der Waals surface area contributed by atoms with Gasteiger partial charge in [0.2, 0.25) is 0 Å². The lowest BCUT2D eigenvalue weighted by Crippen LogP contribution is -2.30. The quantitative estimate of drug-likeness (QED) is 0.866. The normalized spacial score (nSPS) is 20.5. The van der Waals surface area contributed by atoms with Crippen LogP contribution in [0.5, 0.6) is 0 Å². The van der Waals surface area contributed by atoms with Crippen molar-refractivity contribution in [1.29, 1.82) is 0 Å². The Bertz CT molecular complexity index is 415. The second-order valence-electron chi connectivity index (χ2n) is 5.30. The molecule has 1 atom stereocenters. The first-order valence-corrected chi connectivity index (χ1v) is 6.53. The fourth-order valence-corrected chi connectivity index (χ4v) is 2.72. The van der Waals surface area contributed by atoms with Crippen molar-refractivity contribution in [3.05, 3.63) is 29.6 Å². The fraction of sp³-hybridized carbons (Fsp3) is 0.571. The predicted octanol–water partition coefficient (Wildman–Crippen LogP) is 2.32. The molecule has 3 rings (SSSR count). The second-order valence-corrected chi connectivity index (χ2v) is 5.30. The number of hydrogen-bond donors (Lipinski definition) is 1. The lowest BCUT2D eigenvalue weighted by atomic mass is 10.1. The Balaban J connectivity index is 1.64. The highest BCUT2D eigenvalue weighted by Crippen LogP contribution is 2.34. The van der Waals surface area contributed by atoms with Gasteiger partial charge >= 0.3 is 0 Å². The summed E-state index contributed by atoms with van der Waals surface area (Å²) in [5.74, 6) is 0.617. The van der Waals surface area contributed by atoms with Crippen molar-refractivity contribution in [2.45, 2.75) is 31.7 Å². The highest BCUT2D eigenvalue weighted by Gasteiger charge is 2.29. The van der Waals surface area contributed by atoms with Gasteiger partial charge in [0.1, 0.15) is 5.82 Å². The summed E-state index contributed by atoms with van der Waals surface area (Å²) >= 11 is 0. The highest BCUT2D eigenvalue weighted by molar-refractivity contribution is 5.58. The van der Waals surface area contributed by atoms with Crippen LogP contribution in [0, 0.1) is 11.7 Å². The zero-order valence-corrected chi connectivity index (χ0v) is 10.0. The average Bonchev–Trinajstić information content (AvgIpc) is 3.09. The van der Waals surface area contributed by atoms with Crippen LogP contribution in [0.25, 0.3) is 0 Å². The van der Waals surface area contributed by atoms with Crippen LogP contribution < -0.4 is 10.6 Å². The smallest absolute Gasteiger partial charge is 0.125 e. The maximum atomic E-state index is 13.2. The van der Waals surface area contributed by atoms with Gasteiger partial charge in [-0.3, -0.25) is 0 Å². The van der Waals surface area contributed by atoms with Crippen LogP contribution in [0.15, 0.2) is 18.2 Å². The first-order valence-electron chi connectivity index (χ1n) is 6.53. The maximum absolute atomic E-state index is 13.2. The van der Waals surface area contributed by atoms with E-state index in [4.69, 9.17) is 5.73 Å². The molecule has 92 valence electrons. The van der Waals surface area contributed by atoms with Gasteiger partial charge in [-0.15, -0.1) is 0 Å². The van der Waals surface area contributed by atoms with Crippen LogP contribution in [-0.2, 0) is 6.42 Å². The molecule has 2 N–H and O–H groups in total. The van der Waals surface area contributed by atoms with Gasteiger partial charge in [0.25, 0.3) is 0 Å². The van der Waals surface area contributed by atoms with Gasteiger partial charge in [-0.25, -0.2) is 4.39 Å². The van der Waals surface area contributed by atoms with Crippen LogP contribution in [0.3, 0.4) is 0 Å². The van der Waals surface area contributed by atoms with E-state index in [-0.39, 0.29) is 5.82 Å². The number of benzene rings is 1. The first-order chi connectivity index (χ1) is 8.24. The van der Waals surface area contributed by atoms with E-state index in [2.05, 4.69) is 4.90 Å². The second kappa shape index (κ2) is 4.30. The minimum absolute atomic E-state index is 0.137. The van der Waals surface area contributed by atoms with E-state index in [0.717, 1.165) is 37.5 Å². The minimum atomic E-state index is -0.137. The summed E-state index contributed by atoms with van der Waals surface area (Å²) in [7, 11) is 0. The third-order valence-corrected chi connectivity index (χ3v) is 4.00. The minimum Gasteiger partial charge on any atom is -0.371 e. The molecule has 0 spiro atoms. The van der Waals surface area contributed by atoms with Crippen molar-refractivity contribution < 1.29 is 4.39 Å². The Morgan fingerprint density at radius 2 is 2.24 bits per heavy atom. The molecule has 0 bridgehead atoms. The van der Waals surface area contributed by atoms with Crippen molar-refractivity contribution in [3.8, 4) is 0 Å². The summed E-state index contributed by atoms with van der Waals surface area (Å²) in [4.78, 5) is 2.28. The Hall–Kier alpha value is -1.09. The Labute approximate surface area is 102 Å². The van der Waals surface area contributed by atoms with Gasteiger partial charge in [-0.1, -0.05) is 6.07 Å². The van der Waals surface area contributed by atoms with Crippen molar-refractivity contribution in [2.75, 3.05) is 18.0 Å². The summed E-state index contributed by atoms with van der Waals surface area (Å²) in [6.45, 7) is 1.98. The molecular weight excluding hydrogens is 215 g/mol. The van der Waals surface area contributed by atoms with Crippen LogP contribution in [0.2, 0.25) is 0 Å². The van der Waals surface area contributed by atoms with E-state index in [1.54, 1.807) is 12.1 Å². The zero-order chi connectivity index (χ0) is 11.8. The van der Waals surface area contributed by atoms with Crippen LogP contribution in [0.4, 0.5) is 10.1 Å². The van der Waals surface area contributed by atoms with Gasteiger partial charge in [0.05, 0.1) is 0 Å². The molecule has 1 saturated carbocycles. The summed E-state index contributed by atoms with van der Waals surface area (Å²) in [6.07, 6.45) is 4.66. The predicted molar refractivity (Wildman–Crippen MR) is 67.6 cm³/mol. The fourth-order valence-electron chi connectivity index (χ4n) is 2.72. The molecule has 0 radical (unpaired) electrons. The average molecular weight is 234 g/mol. The lowest BCUT2D eigenvalue weighted by Gasteiger charge is -2.21. The van der Waals surface area contributed by atoms with Crippen LogP contribution in [0.1, 0.15) is 24.8 Å². The Morgan fingerprint density at radius 3 is 3.00 bits per heavy atom. The van der Waals surface area contributed by atoms with Crippen LogP contribution in [-0.4, -0.2) is 19.1 Å². The molecule has 2 aliphatic rings. The standard InChI is InChI=1S/C14H19FN2/c15-12-4-3-11-5-7-17(14(11)9-12)8-6-13(16)10-1-2-10/h3-4,9-10,13H,1-2,5-8,16H2. The van der Waals surface area contributed by atoms with Crippen molar-refractivity contribution in [1.82, 2.24) is 0 Å². The molecule has 0 saturated heterocycles. The molecule has 3 heteroatoms. The van der Waals surface area contributed by atoms with Gasteiger partial charge in [-0.05, 0) is 49.3 Å². The largest absolute Gasteiger partial charge is 0.371 e. The highest BCUT2D eigenvalue weighted by atomic mass is 19.1. The SMILES string of the molecule is NC(CCN1CCc2ccc(F)cc21)C1CC1. The molecule has 1 aliphatic heterocycles. The summed E-state index contributed by atoms with van der Waals surface area (Å²) in [5.41, 5.74) is 8.45. The number of hydrogen-bond acceptors (Lipinski definition) is 2. The number of halogens is 1. The third kappa shape index (κ3) is 2.29. The summed E-state index contributed by atoms with van der Waals surface area (Å²) in [6, 6.07) is 5.46.